The van der Waals surface area contributed by atoms with Gasteiger partial charge in [0.1, 0.15) is 0 Å². The lowest BCUT2D eigenvalue weighted by Crippen LogP contribution is -2.46. The minimum Gasteiger partial charge on any atom is -0.325 e. The summed E-state index contributed by atoms with van der Waals surface area (Å²) in [6.07, 6.45) is -10.1. The third-order valence-electron chi connectivity index (χ3n) is 6.84. The van der Waals surface area contributed by atoms with Crippen molar-refractivity contribution in [2.24, 2.45) is 17.3 Å². The Balaban J connectivity index is 2.06. The van der Waals surface area contributed by atoms with Gasteiger partial charge in [-0.05, 0) is 49.1 Å². The summed E-state index contributed by atoms with van der Waals surface area (Å²) in [6, 6.07) is 6.39. The highest BCUT2D eigenvalue weighted by Gasteiger charge is 2.57. The summed E-state index contributed by atoms with van der Waals surface area (Å²) in [7, 11) is 0. The molecule has 2 aromatic rings. The van der Waals surface area contributed by atoms with Crippen molar-refractivity contribution in [1.29, 1.82) is 0 Å². The third kappa shape index (κ3) is 4.75. The van der Waals surface area contributed by atoms with Crippen LogP contribution in [0.3, 0.4) is 0 Å². The number of carbonyl (C=O) groups excluding carboxylic acids is 2. The second-order valence-corrected chi connectivity index (χ2v) is 9.33. The zero-order chi connectivity index (χ0) is 26.5. The number of benzene rings is 2. The molecule has 10 heteroatoms. The van der Waals surface area contributed by atoms with Crippen LogP contribution in [0.15, 0.2) is 36.4 Å². The molecule has 0 aliphatic carbocycles. The van der Waals surface area contributed by atoms with E-state index in [1.807, 2.05) is 32.0 Å². The molecule has 0 spiro atoms. The van der Waals surface area contributed by atoms with Crippen molar-refractivity contribution in [2.75, 3.05) is 16.8 Å². The second-order valence-electron chi connectivity index (χ2n) is 9.33. The third-order valence-corrected chi connectivity index (χ3v) is 6.84. The van der Waals surface area contributed by atoms with Crippen molar-refractivity contribution in [2.45, 2.75) is 47.0 Å². The molecule has 0 radical (unpaired) electrons. The fourth-order valence-electron chi connectivity index (χ4n) is 4.84. The molecule has 2 amide bonds. The van der Waals surface area contributed by atoms with Crippen molar-refractivity contribution in [3.05, 3.63) is 58.7 Å². The highest BCUT2D eigenvalue weighted by atomic mass is 19.4. The maximum atomic E-state index is 13.6. The molecule has 190 valence electrons. The Labute approximate surface area is 199 Å². The first-order valence-electron chi connectivity index (χ1n) is 11.0. The van der Waals surface area contributed by atoms with Crippen molar-refractivity contribution < 1.29 is 35.9 Å². The van der Waals surface area contributed by atoms with Gasteiger partial charge in [0.25, 0.3) is 0 Å². The van der Waals surface area contributed by atoms with Crippen LogP contribution in [-0.2, 0) is 21.9 Å². The van der Waals surface area contributed by atoms with Crippen LogP contribution in [0.4, 0.5) is 37.7 Å². The average Bonchev–Trinajstić information content (AvgIpc) is 2.99. The van der Waals surface area contributed by atoms with Gasteiger partial charge in [0.2, 0.25) is 11.8 Å². The number of para-hydroxylation sites is 1. The van der Waals surface area contributed by atoms with E-state index < -0.39 is 52.3 Å². The largest absolute Gasteiger partial charge is 0.416 e. The molecule has 0 aromatic heterocycles. The fraction of sp³-hybridized carbons (Fsp3) is 0.440. The van der Waals surface area contributed by atoms with Crippen LogP contribution in [0.2, 0.25) is 0 Å². The number of alkyl halides is 6. The predicted octanol–water partition coefficient (Wildman–Crippen LogP) is 6.60. The van der Waals surface area contributed by atoms with Gasteiger partial charge in [-0.15, -0.1) is 0 Å². The van der Waals surface area contributed by atoms with E-state index >= 15 is 0 Å². The van der Waals surface area contributed by atoms with Crippen LogP contribution in [0.1, 0.15) is 43.0 Å². The van der Waals surface area contributed by atoms with Crippen LogP contribution in [0.25, 0.3) is 0 Å². The molecule has 2 aromatic carbocycles. The van der Waals surface area contributed by atoms with Gasteiger partial charge in [0.15, 0.2) is 0 Å². The molecule has 2 atom stereocenters. The first-order valence-corrected chi connectivity index (χ1v) is 11.0. The molecular weight excluding hydrogens is 474 g/mol. The Morgan fingerprint density at radius 1 is 1.00 bits per heavy atom. The second kappa shape index (κ2) is 8.87. The van der Waals surface area contributed by atoms with Crippen LogP contribution in [-0.4, -0.2) is 18.4 Å². The summed E-state index contributed by atoms with van der Waals surface area (Å²) in [6.45, 7) is 8.53. The number of nitrogens with one attached hydrogen (secondary N) is 1. The summed E-state index contributed by atoms with van der Waals surface area (Å²) in [5, 5.41) is 2.27. The Morgan fingerprint density at radius 3 is 1.91 bits per heavy atom. The van der Waals surface area contributed by atoms with E-state index in [2.05, 4.69) is 5.32 Å². The summed E-state index contributed by atoms with van der Waals surface area (Å²) >= 11 is 0. The standard InChI is InChI=1S/C25H26F6N2O2/c1-13(2)23(12-33(21(34)16(23)5)20-14(3)7-6-8-15(20)4)22(35)32-19-10-17(24(26,27)28)9-18(11-19)25(29,30)31/h6-11,13,16H,12H2,1-5H3,(H,32,35)/t16?,23-/m1/s1. The highest BCUT2D eigenvalue weighted by molar-refractivity contribution is 6.08. The number of aryl methyl sites for hydroxylation is 2. The smallest absolute Gasteiger partial charge is 0.325 e. The Morgan fingerprint density at radius 2 is 1.49 bits per heavy atom. The summed E-state index contributed by atoms with van der Waals surface area (Å²) < 4.78 is 79.6. The van der Waals surface area contributed by atoms with Crippen molar-refractivity contribution in [3.8, 4) is 0 Å². The predicted molar refractivity (Wildman–Crippen MR) is 120 cm³/mol. The summed E-state index contributed by atoms with van der Waals surface area (Å²) in [4.78, 5) is 28.3. The van der Waals surface area contributed by atoms with Gasteiger partial charge < -0.3 is 10.2 Å². The molecular formula is C25H26F6N2O2. The molecule has 35 heavy (non-hydrogen) atoms. The monoisotopic (exact) mass is 500 g/mol. The van der Waals surface area contributed by atoms with Crippen LogP contribution >= 0.6 is 0 Å². The van der Waals surface area contributed by atoms with E-state index in [-0.39, 0.29) is 18.5 Å². The normalized spacial score (nSPS) is 21.1. The van der Waals surface area contributed by atoms with E-state index in [0.29, 0.717) is 17.8 Å². The van der Waals surface area contributed by atoms with Crippen LogP contribution in [0, 0.1) is 31.1 Å². The van der Waals surface area contributed by atoms with Crippen molar-refractivity contribution >= 4 is 23.2 Å². The molecule has 0 saturated carbocycles. The highest BCUT2D eigenvalue weighted by Crippen LogP contribution is 2.47. The molecule has 3 rings (SSSR count). The maximum Gasteiger partial charge on any atom is 0.416 e. The van der Waals surface area contributed by atoms with Crippen LogP contribution in [0.5, 0.6) is 0 Å². The molecule has 1 heterocycles. The number of carbonyl (C=O) groups is 2. The number of halogens is 6. The zero-order valence-electron chi connectivity index (χ0n) is 19.9. The van der Waals surface area contributed by atoms with E-state index in [1.165, 1.54) is 4.90 Å². The molecule has 1 N–H and O–H groups in total. The molecule has 1 fully saturated rings. The summed E-state index contributed by atoms with van der Waals surface area (Å²) in [5.74, 6) is -2.47. The quantitative estimate of drug-likeness (QED) is 0.481. The van der Waals surface area contributed by atoms with E-state index in [0.717, 1.165) is 11.1 Å². The van der Waals surface area contributed by atoms with Gasteiger partial charge in [-0.25, -0.2) is 0 Å². The van der Waals surface area contributed by atoms with Gasteiger partial charge >= 0.3 is 12.4 Å². The summed E-state index contributed by atoms with van der Waals surface area (Å²) in [5.41, 5.74) is -2.85. The van der Waals surface area contributed by atoms with E-state index in [9.17, 15) is 35.9 Å². The Hall–Kier alpha value is -3.04. The van der Waals surface area contributed by atoms with Gasteiger partial charge in [-0.3, -0.25) is 9.59 Å². The Bertz CT molecular complexity index is 1100. The molecule has 0 bridgehead atoms. The molecule has 1 aliphatic rings. The van der Waals surface area contributed by atoms with Gasteiger partial charge in [0, 0.05) is 17.9 Å². The SMILES string of the molecule is Cc1cccc(C)c1N1C[C@@](C(=O)Nc2cc(C(F)(F)F)cc(C(F)(F)F)c2)(C(C)C)C(C)C1=O. The maximum absolute atomic E-state index is 13.6. The van der Waals surface area contributed by atoms with Crippen molar-refractivity contribution in [1.82, 2.24) is 0 Å². The molecule has 4 nitrogen and oxygen atoms in total. The lowest BCUT2D eigenvalue weighted by Gasteiger charge is -2.35. The minimum absolute atomic E-state index is 0.00170. The van der Waals surface area contributed by atoms with Gasteiger partial charge in [-0.1, -0.05) is 39.0 Å². The van der Waals surface area contributed by atoms with Crippen LogP contribution < -0.4 is 10.2 Å². The Kier molecular flexibility index (Phi) is 6.73. The minimum atomic E-state index is -5.05. The molecule has 1 unspecified atom stereocenters. The number of hydrogen-bond acceptors (Lipinski definition) is 2. The number of hydrogen-bond donors (Lipinski definition) is 1. The van der Waals surface area contributed by atoms with E-state index in [4.69, 9.17) is 0 Å². The van der Waals surface area contributed by atoms with Crippen molar-refractivity contribution in [3.63, 3.8) is 0 Å². The zero-order valence-corrected chi connectivity index (χ0v) is 19.9. The molecule has 1 saturated heterocycles. The number of anilines is 2. The first-order chi connectivity index (χ1) is 16.0. The number of amides is 2. The number of nitrogens with zero attached hydrogens (tertiary/aromatic N) is 1. The number of rotatable bonds is 4. The van der Waals surface area contributed by atoms with E-state index in [1.54, 1.807) is 20.8 Å². The first kappa shape index (κ1) is 26.6. The molecule has 1 aliphatic heterocycles. The fourth-order valence-corrected chi connectivity index (χ4v) is 4.84. The lowest BCUT2D eigenvalue weighted by atomic mass is 9.69. The average molecular weight is 500 g/mol. The lowest BCUT2D eigenvalue weighted by molar-refractivity contribution is -0.143. The van der Waals surface area contributed by atoms with Gasteiger partial charge in [0.05, 0.1) is 22.5 Å². The van der Waals surface area contributed by atoms with Gasteiger partial charge in [-0.2, -0.15) is 26.3 Å². The topological polar surface area (TPSA) is 49.4 Å².